The Morgan fingerprint density at radius 1 is 1.33 bits per heavy atom. The summed E-state index contributed by atoms with van der Waals surface area (Å²) in [5.41, 5.74) is 1.29. The van der Waals surface area contributed by atoms with Crippen molar-refractivity contribution in [2.75, 3.05) is 20.1 Å². The van der Waals surface area contributed by atoms with Crippen LogP contribution in [0.2, 0.25) is 0 Å². The van der Waals surface area contributed by atoms with Crippen LogP contribution in [0.1, 0.15) is 29.3 Å². The molecule has 0 spiro atoms. The van der Waals surface area contributed by atoms with E-state index < -0.39 is 5.97 Å². The van der Waals surface area contributed by atoms with Crippen LogP contribution < -0.4 is 0 Å². The average molecular weight is 245 g/mol. The molecule has 0 amide bonds. The van der Waals surface area contributed by atoms with Crippen molar-refractivity contribution < 1.29 is 9.90 Å². The second-order valence-corrected chi connectivity index (χ2v) is 4.19. The first-order valence-corrected chi connectivity index (χ1v) is 6.04. The normalized spacial score (nSPS) is 9.94. The van der Waals surface area contributed by atoms with Gasteiger partial charge in [0.15, 0.2) is 0 Å². The van der Waals surface area contributed by atoms with E-state index in [1.54, 1.807) is 12.1 Å². The number of likely N-dealkylation sites (N-methyl/N-ethyl adjacent to an activating group) is 1. The largest absolute Gasteiger partial charge is 0.478 e. The fraction of sp³-hybridized carbons (Fsp3) is 0.400. The van der Waals surface area contributed by atoms with Gasteiger partial charge in [-0.25, -0.2) is 4.79 Å². The number of carbonyl (C=O) groups is 1. The van der Waals surface area contributed by atoms with Crippen molar-refractivity contribution in [3.05, 3.63) is 35.4 Å². The number of aromatic carboxylic acids is 1. The molecule has 0 fully saturated rings. The number of carboxylic acid groups (broad SMARTS) is 1. The lowest BCUT2D eigenvalue weighted by atomic mass is 10.0. The molecule has 0 aliphatic rings. The number of nitrogens with zero attached hydrogens (tertiary/aromatic N) is 1. The van der Waals surface area contributed by atoms with Crippen molar-refractivity contribution in [2.24, 2.45) is 0 Å². The Bertz CT molecular complexity index is 457. The monoisotopic (exact) mass is 245 g/mol. The standard InChI is InChI=1S/C15H19NO2/c1-3-4-7-11-16(2)12-10-13-8-5-6-9-14(13)15(17)18/h5-6,8-9H,7,10-12H2,1-2H3,(H,17,18). The molecule has 0 aliphatic carbocycles. The molecule has 0 atom stereocenters. The molecule has 0 aliphatic heterocycles. The Kier molecular flexibility index (Phi) is 5.96. The third-order valence-corrected chi connectivity index (χ3v) is 2.81. The maximum Gasteiger partial charge on any atom is 0.335 e. The van der Waals surface area contributed by atoms with Crippen molar-refractivity contribution in [2.45, 2.75) is 19.8 Å². The first kappa shape index (κ1) is 14.3. The van der Waals surface area contributed by atoms with Gasteiger partial charge in [0.1, 0.15) is 0 Å². The Morgan fingerprint density at radius 2 is 2.06 bits per heavy atom. The smallest absolute Gasteiger partial charge is 0.335 e. The minimum absolute atomic E-state index is 0.402. The van der Waals surface area contributed by atoms with E-state index in [2.05, 4.69) is 16.7 Å². The first-order chi connectivity index (χ1) is 8.65. The Balaban J connectivity index is 2.52. The van der Waals surface area contributed by atoms with Crippen LogP contribution >= 0.6 is 0 Å². The van der Waals surface area contributed by atoms with Crippen molar-refractivity contribution in [3.63, 3.8) is 0 Å². The maximum absolute atomic E-state index is 11.0. The van der Waals surface area contributed by atoms with Crippen molar-refractivity contribution >= 4 is 5.97 Å². The molecule has 0 bridgehead atoms. The summed E-state index contributed by atoms with van der Waals surface area (Å²) in [5.74, 6) is 5.03. The van der Waals surface area contributed by atoms with Crippen molar-refractivity contribution in [1.82, 2.24) is 4.90 Å². The van der Waals surface area contributed by atoms with Gasteiger partial charge in [-0.3, -0.25) is 0 Å². The average Bonchev–Trinajstić information content (AvgIpc) is 2.37. The zero-order chi connectivity index (χ0) is 13.4. The highest BCUT2D eigenvalue weighted by Gasteiger charge is 2.09. The quantitative estimate of drug-likeness (QED) is 0.782. The highest BCUT2D eigenvalue weighted by Crippen LogP contribution is 2.10. The van der Waals surface area contributed by atoms with E-state index in [1.807, 2.05) is 26.1 Å². The van der Waals surface area contributed by atoms with Gasteiger partial charge < -0.3 is 10.0 Å². The minimum Gasteiger partial charge on any atom is -0.478 e. The van der Waals surface area contributed by atoms with Crippen LogP contribution in [0, 0.1) is 11.8 Å². The van der Waals surface area contributed by atoms with E-state index in [-0.39, 0.29) is 0 Å². The van der Waals surface area contributed by atoms with Gasteiger partial charge in [-0.2, -0.15) is 0 Å². The molecule has 1 N–H and O–H groups in total. The molecular formula is C15H19NO2. The lowest BCUT2D eigenvalue weighted by Gasteiger charge is -2.15. The van der Waals surface area contributed by atoms with Gasteiger partial charge in [0.05, 0.1) is 5.56 Å². The van der Waals surface area contributed by atoms with Gasteiger partial charge in [-0.05, 0) is 32.0 Å². The third-order valence-electron chi connectivity index (χ3n) is 2.81. The minimum atomic E-state index is -0.856. The van der Waals surface area contributed by atoms with E-state index in [0.29, 0.717) is 5.56 Å². The molecule has 1 aromatic rings. The maximum atomic E-state index is 11.0. The third kappa shape index (κ3) is 4.60. The molecule has 0 saturated heterocycles. The summed E-state index contributed by atoms with van der Waals surface area (Å²) in [6.45, 7) is 3.59. The van der Waals surface area contributed by atoms with Gasteiger partial charge in [-0.1, -0.05) is 18.2 Å². The number of rotatable bonds is 6. The van der Waals surface area contributed by atoms with E-state index in [9.17, 15) is 4.79 Å². The van der Waals surface area contributed by atoms with Crippen LogP contribution in [0.15, 0.2) is 24.3 Å². The van der Waals surface area contributed by atoms with E-state index >= 15 is 0 Å². The highest BCUT2D eigenvalue weighted by molar-refractivity contribution is 5.89. The molecular weight excluding hydrogens is 226 g/mol. The summed E-state index contributed by atoms with van der Waals surface area (Å²) in [5, 5.41) is 9.07. The lowest BCUT2D eigenvalue weighted by Crippen LogP contribution is -2.22. The van der Waals surface area contributed by atoms with Crippen LogP contribution in [-0.4, -0.2) is 36.1 Å². The molecule has 3 heteroatoms. The summed E-state index contributed by atoms with van der Waals surface area (Å²) in [4.78, 5) is 13.2. The molecule has 0 saturated carbocycles. The Morgan fingerprint density at radius 3 is 2.72 bits per heavy atom. The summed E-state index contributed by atoms with van der Waals surface area (Å²) in [7, 11) is 2.03. The van der Waals surface area contributed by atoms with Crippen molar-refractivity contribution in [3.8, 4) is 11.8 Å². The van der Waals surface area contributed by atoms with E-state index in [0.717, 1.165) is 31.5 Å². The number of hydrogen-bond donors (Lipinski definition) is 1. The second-order valence-electron chi connectivity index (χ2n) is 4.19. The summed E-state index contributed by atoms with van der Waals surface area (Å²) < 4.78 is 0. The van der Waals surface area contributed by atoms with Crippen LogP contribution in [-0.2, 0) is 6.42 Å². The molecule has 96 valence electrons. The van der Waals surface area contributed by atoms with Gasteiger partial charge in [0.25, 0.3) is 0 Å². The molecule has 0 radical (unpaired) electrons. The van der Waals surface area contributed by atoms with Crippen LogP contribution in [0.3, 0.4) is 0 Å². The summed E-state index contributed by atoms with van der Waals surface area (Å²) in [6, 6.07) is 7.17. The molecule has 1 aromatic carbocycles. The molecule has 0 unspecified atom stereocenters. The number of carboxylic acids is 1. The Labute approximate surface area is 108 Å². The van der Waals surface area contributed by atoms with Crippen LogP contribution in [0.5, 0.6) is 0 Å². The zero-order valence-electron chi connectivity index (χ0n) is 10.9. The van der Waals surface area contributed by atoms with Gasteiger partial charge in [0, 0.05) is 19.5 Å². The fourth-order valence-electron chi connectivity index (χ4n) is 1.74. The molecule has 1 rings (SSSR count). The fourth-order valence-corrected chi connectivity index (χ4v) is 1.74. The highest BCUT2D eigenvalue weighted by atomic mass is 16.4. The van der Waals surface area contributed by atoms with Gasteiger partial charge >= 0.3 is 5.97 Å². The summed E-state index contributed by atoms with van der Waals surface area (Å²) >= 11 is 0. The van der Waals surface area contributed by atoms with Crippen LogP contribution in [0.4, 0.5) is 0 Å². The topological polar surface area (TPSA) is 40.5 Å². The second kappa shape index (κ2) is 7.52. The SMILES string of the molecule is CC#CCCN(C)CCc1ccccc1C(=O)O. The van der Waals surface area contributed by atoms with E-state index in [1.165, 1.54) is 0 Å². The van der Waals surface area contributed by atoms with Crippen LogP contribution in [0.25, 0.3) is 0 Å². The van der Waals surface area contributed by atoms with Gasteiger partial charge in [-0.15, -0.1) is 11.8 Å². The predicted molar refractivity (Wildman–Crippen MR) is 72.7 cm³/mol. The lowest BCUT2D eigenvalue weighted by molar-refractivity contribution is 0.0695. The van der Waals surface area contributed by atoms with Gasteiger partial charge in [0.2, 0.25) is 0 Å². The molecule has 18 heavy (non-hydrogen) atoms. The van der Waals surface area contributed by atoms with Crippen molar-refractivity contribution in [1.29, 1.82) is 0 Å². The Hall–Kier alpha value is -1.79. The number of hydrogen-bond acceptors (Lipinski definition) is 2. The molecule has 3 nitrogen and oxygen atoms in total. The molecule has 0 heterocycles. The first-order valence-electron chi connectivity index (χ1n) is 6.04. The summed E-state index contributed by atoms with van der Waals surface area (Å²) in [6.07, 6.45) is 1.60. The van der Waals surface area contributed by atoms with E-state index in [4.69, 9.17) is 5.11 Å². The molecule has 0 aromatic heterocycles. The predicted octanol–water partition coefficient (Wildman–Crippen LogP) is 2.27. The zero-order valence-corrected chi connectivity index (χ0v) is 10.9. The number of benzene rings is 1.